The van der Waals surface area contributed by atoms with Crippen LogP contribution in [0.15, 0.2) is 41.5 Å². The lowest BCUT2D eigenvalue weighted by Gasteiger charge is -2.28. The Hall–Kier alpha value is -2.18. The number of hydrogen-bond acceptors (Lipinski definition) is 5. The fourth-order valence-corrected chi connectivity index (χ4v) is 4.81. The number of benzene rings is 1. The van der Waals surface area contributed by atoms with Gasteiger partial charge in [0.25, 0.3) is 0 Å². The van der Waals surface area contributed by atoms with Gasteiger partial charge in [0.1, 0.15) is 16.6 Å². The van der Waals surface area contributed by atoms with Crippen LogP contribution in [0.4, 0.5) is 0 Å². The average molecular weight is 369 g/mol. The smallest absolute Gasteiger partial charge is 0.135 e. The number of aromatic nitrogens is 1. The molecule has 4 rings (SSSR count). The van der Waals surface area contributed by atoms with E-state index in [1.165, 1.54) is 24.2 Å². The maximum atomic E-state index is 10.5. The molecule has 2 N–H and O–H groups in total. The molecule has 26 heavy (non-hydrogen) atoms. The lowest BCUT2D eigenvalue weighted by Crippen LogP contribution is -2.41. The van der Waals surface area contributed by atoms with Gasteiger partial charge in [-0.05, 0) is 25.9 Å². The molecule has 0 saturated carbocycles. The first-order valence-electron chi connectivity index (χ1n) is 9.18. The molecule has 0 unspecified atom stereocenters. The van der Waals surface area contributed by atoms with Crippen LogP contribution in [0.2, 0.25) is 0 Å². The lowest BCUT2D eigenvalue weighted by atomic mass is 10.2. The van der Waals surface area contributed by atoms with Gasteiger partial charge in [-0.1, -0.05) is 37.3 Å². The second-order valence-corrected chi connectivity index (χ2v) is 7.74. The minimum Gasteiger partial charge on any atom is -0.510 e. The van der Waals surface area contributed by atoms with Crippen molar-refractivity contribution in [2.24, 2.45) is 0 Å². The Morgan fingerprint density at radius 2 is 2.12 bits per heavy atom. The van der Waals surface area contributed by atoms with E-state index in [0.717, 1.165) is 35.9 Å². The van der Waals surface area contributed by atoms with Gasteiger partial charge < -0.3 is 10.0 Å². The number of aliphatic hydroxyl groups excluding tert-OH is 1. The van der Waals surface area contributed by atoms with Crippen LogP contribution in [0, 0.1) is 5.41 Å². The average Bonchev–Trinajstić information content (AvgIpc) is 3.36. The molecule has 0 bridgehead atoms. The molecule has 0 amide bonds. The van der Waals surface area contributed by atoms with E-state index in [1.807, 2.05) is 40.6 Å². The summed E-state index contributed by atoms with van der Waals surface area (Å²) in [6.45, 7) is 5.60. The van der Waals surface area contributed by atoms with E-state index >= 15 is 0 Å². The highest BCUT2D eigenvalue weighted by atomic mass is 32.1. The summed E-state index contributed by atoms with van der Waals surface area (Å²) in [7, 11) is 0. The maximum Gasteiger partial charge on any atom is 0.135 e. The largest absolute Gasteiger partial charge is 0.510 e. The topological polar surface area (TPSA) is 63.5 Å². The molecule has 1 atom stereocenters. The van der Waals surface area contributed by atoms with Crippen LogP contribution in [0.3, 0.4) is 0 Å². The summed E-state index contributed by atoms with van der Waals surface area (Å²) in [5.41, 5.74) is 2.55. The molecule has 1 fully saturated rings. The quantitative estimate of drug-likeness (QED) is 0.841. The Bertz CT molecular complexity index is 829. The third-order valence-electron chi connectivity index (χ3n) is 5.31. The zero-order valence-electron chi connectivity index (χ0n) is 15.0. The van der Waals surface area contributed by atoms with E-state index in [4.69, 9.17) is 5.41 Å². The molecule has 0 radical (unpaired) electrons. The van der Waals surface area contributed by atoms with E-state index in [9.17, 15) is 5.11 Å². The van der Waals surface area contributed by atoms with Gasteiger partial charge in [0.2, 0.25) is 0 Å². The van der Waals surface area contributed by atoms with Crippen LogP contribution in [-0.4, -0.2) is 57.9 Å². The first kappa shape index (κ1) is 17.2. The van der Waals surface area contributed by atoms with Gasteiger partial charge in [0.05, 0.1) is 17.8 Å². The minimum atomic E-state index is 0.269. The molecule has 0 spiro atoms. The monoisotopic (exact) mass is 368 g/mol. The van der Waals surface area contributed by atoms with E-state index in [1.54, 1.807) is 0 Å². The van der Waals surface area contributed by atoms with Crippen LogP contribution >= 0.6 is 11.3 Å². The highest BCUT2D eigenvalue weighted by Crippen LogP contribution is 2.33. The maximum absolute atomic E-state index is 10.5. The van der Waals surface area contributed by atoms with Gasteiger partial charge >= 0.3 is 0 Å². The van der Waals surface area contributed by atoms with Crippen LogP contribution < -0.4 is 0 Å². The van der Waals surface area contributed by atoms with Crippen molar-refractivity contribution in [1.29, 1.82) is 5.41 Å². The predicted octanol–water partition coefficient (Wildman–Crippen LogP) is 3.86. The highest BCUT2D eigenvalue weighted by molar-refractivity contribution is 7.11. The number of amidine groups is 1. The molecule has 2 aliphatic heterocycles. The van der Waals surface area contributed by atoms with Gasteiger partial charge in [-0.15, -0.1) is 11.3 Å². The van der Waals surface area contributed by atoms with Gasteiger partial charge in [-0.3, -0.25) is 10.3 Å². The molecule has 3 heterocycles. The Balaban J connectivity index is 1.52. The summed E-state index contributed by atoms with van der Waals surface area (Å²) in [5, 5.41) is 21.8. The highest BCUT2D eigenvalue weighted by Gasteiger charge is 2.33. The molecular formula is C20H24N4OS. The Morgan fingerprint density at radius 1 is 1.31 bits per heavy atom. The predicted molar refractivity (Wildman–Crippen MR) is 107 cm³/mol. The fraction of sp³-hybridized carbons (Fsp3) is 0.400. The first-order valence-corrected chi connectivity index (χ1v) is 10.1. The van der Waals surface area contributed by atoms with Gasteiger partial charge in [0.15, 0.2) is 0 Å². The number of aliphatic hydroxyl groups is 1. The number of thiazole rings is 1. The van der Waals surface area contributed by atoms with Gasteiger partial charge in [-0.2, -0.15) is 0 Å². The summed E-state index contributed by atoms with van der Waals surface area (Å²) in [5.74, 6) is 0.671. The molecule has 1 aromatic carbocycles. The van der Waals surface area contributed by atoms with Crippen LogP contribution in [0.1, 0.15) is 24.8 Å². The van der Waals surface area contributed by atoms with Crippen LogP contribution in [-0.2, 0) is 0 Å². The first-order chi connectivity index (χ1) is 12.7. The summed E-state index contributed by atoms with van der Waals surface area (Å²) in [6.07, 6.45) is 2.39. The van der Waals surface area contributed by atoms with Crippen molar-refractivity contribution in [2.45, 2.75) is 25.8 Å². The third kappa shape index (κ3) is 3.15. The second-order valence-electron chi connectivity index (χ2n) is 6.88. The second kappa shape index (κ2) is 7.21. The lowest BCUT2D eigenvalue weighted by molar-refractivity contribution is 0.222. The van der Waals surface area contributed by atoms with E-state index in [-0.39, 0.29) is 5.76 Å². The fourth-order valence-electron chi connectivity index (χ4n) is 3.92. The SMILES string of the molecule is CCN1CCC[C@@H]1CN1CC(O)=C(c2nc(-c3ccccc3)cs2)C1=N. The van der Waals surface area contributed by atoms with Crippen molar-refractivity contribution in [3.63, 3.8) is 0 Å². The molecule has 5 nitrogen and oxygen atoms in total. The Kier molecular flexibility index (Phi) is 4.78. The zero-order chi connectivity index (χ0) is 18.1. The number of likely N-dealkylation sites (N-methyl/N-ethyl adjacent to an activating group) is 1. The van der Waals surface area contributed by atoms with Crippen molar-refractivity contribution < 1.29 is 5.11 Å². The minimum absolute atomic E-state index is 0.269. The number of hydrogen-bond donors (Lipinski definition) is 2. The van der Waals surface area contributed by atoms with Crippen molar-refractivity contribution in [2.75, 3.05) is 26.2 Å². The number of likely N-dealkylation sites (tertiary alicyclic amines) is 1. The summed E-state index contributed by atoms with van der Waals surface area (Å²) in [4.78, 5) is 9.15. The van der Waals surface area contributed by atoms with E-state index < -0.39 is 0 Å². The molecule has 0 aliphatic carbocycles. The molecule has 1 saturated heterocycles. The summed E-state index contributed by atoms with van der Waals surface area (Å²) >= 11 is 1.49. The van der Waals surface area contributed by atoms with Crippen LogP contribution in [0.5, 0.6) is 0 Å². The number of nitrogens with zero attached hydrogens (tertiary/aromatic N) is 3. The van der Waals surface area contributed by atoms with Crippen LogP contribution in [0.25, 0.3) is 16.8 Å². The molecule has 6 heteroatoms. The molecule has 2 aromatic rings. The Labute approximate surface area is 158 Å². The zero-order valence-corrected chi connectivity index (χ0v) is 15.8. The molecular weight excluding hydrogens is 344 g/mol. The Morgan fingerprint density at radius 3 is 2.88 bits per heavy atom. The van der Waals surface area contributed by atoms with Gasteiger partial charge in [0, 0.05) is 23.5 Å². The summed E-state index contributed by atoms with van der Waals surface area (Å²) in [6, 6.07) is 10.5. The van der Waals surface area contributed by atoms with Crippen molar-refractivity contribution >= 4 is 22.7 Å². The standard InChI is InChI=1S/C20H24N4OS/c1-2-23-10-6-9-15(23)11-24-12-17(25)18(19(24)21)20-22-16(13-26-20)14-7-4-3-5-8-14/h3-5,7-8,13,15,21,25H,2,6,9-12H2,1H3/t15-/m1/s1. The molecule has 2 aliphatic rings. The van der Waals surface area contributed by atoms with E-state index in [2.05, 4.69) is 16.8 Å². The number of nitrogens with one attached hydrogen (secondary N) is 1. The van der Waals surface area contributed by atoms with Gasteiger partial charge in [-0.25, -0.2) is 4.98 Å². The third-order valence-corrected chi connectivity index (χ3v) is 6.17. The number of rotatable bonds is 5. The normalized spacial score (nSPS) is 21.2. The molecule has 136 valence electrons. The van der Waals surface area contributed by atoms with Crippen molar-refractivity contribution in [3.05, 3.63) is 46.5 Å². The molecule has 1 aromatic heterocycles. The van der Waals surface area contributed by atoms with Crippen molar-refractivity contribution in [3.8, 4) is 11.3 Å². The van der Waals surface area contributed by atoms with Crippen molar-refractivity contribution in [1.82, 2.24) is 14.8 Å². The van der Waals surface area contributed by atoms with E-state index in [0.29, 0.717) is 24.0 Å². The summed E-state index contributed by atoms with van der Waals surface area (Å²) < 4.78 is 0.